The van der Waals surface area contributed by atoms with Gasteiger partial charge < -0.3 is 4.74 Å². The molecule has 0 saturated heterocycles. The topological polar surface area (TPSA) is 21.6 Å². The largest absolute Gasteiger partial charge is 0.478 e. The molecule has 1 aliphatic rings. The van der Waals surface area contributed by atoms with Crippen molar-refractivity contribution < 1.29 is 4.74 Å². The summed E-state index contributed by atoms with van der Waals surface area (Å²) in [7, 11) is 0. The lowest BCUT2D eigenvalue weighted by molar-refractivity contribution is 0.273. The fraction of sp³-hybridized carbons (Fsp3) is 0.933. The van der Waals surface area contributed by atoms with E-state index in [9.17, 15) is 0 Å². The van der Waals surface area contributed by atoms with E-state index in [2.05, 4.69) is 25.8 Å². The van der Waals surface area contributed by atoms with Gasteiger partial charge in [-0.05, 0) is 20.3 Å². The van der Waals surface area contributed by atoms with E-state index < -0.39 is 0 Å². The van der Waals surface area contributed by atoms with Gasteiger partial charge in [-0.3, -0.25) is 0 Å². The molecule has 0 radical (unpaired) electrons. The standard InChI is InChI=1S/C15H29NO/c1-4-5-6-7-8-9-10-11-12-14-16-15(2,3)13-17-14/h4-13H2,1-3H3. The lowest BCUT2D eigenvalue weighted by atomic mass is 10.1. The highest BCUT2D eigenvalue weighted by Gasteiger charge is 2.25. The van der Waals surface area contributed by atoms with E-state index in [4.69, 9.17) is 4.74 Å². The number of hydrogen-bond donors (Lipinski definition) is 0. The lowest BCUT2D eigenvalue weighted by Gasteiger charge is -2.07. The Hall–Kier alpha value is -0.530. The summed E-state index contributed by atoms with van der Waals surface area (Å²) in [4.78, 5) is 4.57. The Morgan fingerprint density at radius 2 is 1.59 bits per heavy atom. The van der Waals surface area contributed by atoms with Crippen LogP contribution in [0, 0.1) is 0 Å². The number of hydrogen-bond acceptors (Lipinski definition) is 2. The molecule has 17 heavy (non-hydrogen) atoms. The van der Waals surface area contributed by atoms with Crippen LogP contribution < -0.4 is 0 Å². The van der Waals surface area contributed by atoms with Crippen molar-refractivity contribution in [1.82, 2.24) is 0 Å². The lowest BCUT2D eigenvalue weighted by Crippen LogP contribution is -2.17. The van der Waals surface area contributed by atoms with Gasteiger partial charge in [-0.2, -0.15) is 0 Å². The molecule has 0 saturated carbocycles. The van der Waals surface area contributed by atoms with Gasteiger partial charge in [0.2, 0.25) is 0 Å². The second-order valence-corrected chi connectivity index (χ2v) is 5.83. The normalized spacial score (nSPS) is 17.9. The Bertz CT molecular complexity index is 233. The van der Waals surface area contributed by atoms with E-state index in [-0.39, 0.29) is 5.54 Å². The minimum atomic E-state index is 0.0233. The molecule has 0 N–H and O–H groups in total. The number of rotatable bonds is 9. The van der Waals surface area contributed by atoms with Crippen molar-refractivity contribution >= 4 is 5.90 Å². The Morgan fingerprint density at radius 1 is 1.00 bits per heavy atom. The Morgan fingerprint density at radius 3 is 2.12 bits per heavy atom. The minimum Gasteiger partial charge on any atom is -0.478 e. The molecule has 0 aliphatic carbocycles. The maximum absolute atomic E-state index is 5.58. The van der Waals surface area contributed by atoms with Crippen molar-refractivity contribution in [2.75, 3.05) is 6.61 Å². The van der Waals surface area contributed by atoms with E-state index >= 15 is 0 Å². The maximum atomic E-state index is 5.58. The molecule has 2 heteroatoms. The Kier molecular flexibility index (Phi) is 6.61. The molecule has 2 nitrogen and oxygen atoms in total. The van der Waals surface area contributed by atoms with Crippen molar-refractivity contribution in [1.29, 1.82) is 0 Å². The molecule has 100 valence electrons. The smallest absolute Gasteiger partial charge is 0.183 e. The van der Waals surface area contributed by atoms with Gasteiger partial charge in [0.15, 0.2) is 5.90 Å². The van der Waals surface area contributed by atoms with Gasteiger partial charge >= 0.3 is 0 Å². The van der Waals surface area contributed by atoms with Crippen molar-refractivity contribution in [3.63, 3.8) is 0 Å². The monoisotopic (exact) mass is 239 g/mol. The van der Waals surface area contributed by atoms with Crippen LogP contribution in [-0.4, -0.2) is 18.0 Å². The summed E-state index contributed by atoms with van der Waals surface area (Å²) < 4.78 is 5.58. The van der Waals surface area contributed by atoms with E-state index in [0.717, 1.165) is 18.9 Å². The molecule has 0 bridgehead atoms. The van der Waals surface area contributed by atoms with Crippen LogP contribution in [0.25, 0.3) is 0 Å². The molecule has 0 spiro atoms. The highest BCUT2D eigenvalue weighted by Crippen LogP contribution is 2.19. The highest BCUT2D eigenvalue weighted by molar-refractivity contribution is 5.78. The summed E-state index contributed by atoms with van der Waals surface area (Å²) >= 11 is 0. The van der Waals surface area contributed by atoms with Gasteiger partial charge in [0.05, 0.1) is 5.54 Å². The first-order valence-corrected chi connectivity index (χ1v) is 7.35. The zero-order chi connectivity index (χ0) is 12.6. The molecule has 0 aromatic heterocycles. The van der Waals surface area contributed by atoms with Crippen LogP contribution in [0.1, 0.15) is 78.6 Å². The Balaban J connectivity index is 1.91. The van der Waals surface area contributed by atoms with Crippen molar-refractivity contribution in [2.45, 2.75) is 84.1 Å². The van der Waals surface area contributed by atoms with Gasteiger partial charge in [0.25, 0.3) is 0 Å². The molecule has 1 heterocycles. The van der Waals surface area contributed by atoms with Crippen LogP contribution in [0.2, 0.25) is 0 Å². The van der Waals surface area contributed by atoms with Gasteiger partial charge in [-0.15, -0.1) is 0 Å². The van der Waals surface area contributed by atoms with Crippen LogP contribution in [-0.2, 0) is 4.74 Å². The molecule has 1 aliphatic heterocycles. The number of aliphatic imine (C=N–C) groups is 1. The van der Waals surface area contributed by atoms with Gasteiger partial charge in [0, 0.05) is 6.42 Å². The molecule has 1 rings (SSSR count). The molecule has 0 unspecified atom stereocenters. The summed E-state index contributed by atoms with van der Waals surface area (Å²) in [5.74, 6) is 0.987. The molecule has 0 amide bonds. The summed E-state index contributed by atoms with van der Waals surface area (Å²) in [6.07, 6.45) is 12.0. The molecular weight excluding hydrogens is 210 g/mol. The highest BCUT2D eigenvalue weighted by atomic mass is 16.5. The number of unbranched alkanes of at least 4 members (excludes halogenated alkanes) is 7. The zero-order valence-corrected chi connectivity index (χ0v) is 11.9. The number of ether oxygens (including phenoxy) is 1. The second kappa shape index (κ2) is 7.73. The summed E-state index contributed by atoms with van der Waals surface area (Å²) in [5, 5.41) is 0. The molecular formula is C15H29NO. The van der Waals surface area contributed by atoms with Crippen LogP contribution in [0.4, 0.5) is 0 Å². The van der Waals surface area contributed by atoms with Gasteiger partial charge in [-0.1, -0.05) is 51.9 Å². The average molecular weight is 239 g/mol. The van der Waals surface area contributed by atoms with Crippen LogP contribution in [0.15, 0.2) is 4.99 Å². The Labute approximate surface area is 107 Å². The predicted molar refractivity (Wildman–Crippen MR) is 74.7 cm³/mol. The van der Waals surface area contributed by atoms with Crippen LogP contribution in [0.3, 0.4) is 0 Å². The predicted octanol–water partition coefficient (Wildman–Crippen LogP) is 4.72. The van der Waals surface area contributed by atoms with E-state index in [0.29, 0.717) is 0 Å². The van der Waals surface area contributed by atoms with Crippen molar-refractivity contribution in [2.24, 2.45) is 4.99 Å². The second-order valence-electron chi connectivity index (χ2n) is 5.83. The van der Waals surface area contributed by atoms with Crippen molar-refractivity contribution in [3.05, 3.63) is 0 Å². The van der Waals surface area contributed by atoms with Crippen LogP contribution >= 0.6 is 0 Å². The van der Waals surface area contributed by atoms with E-state index in [1.54, 1.807) is 0 Å². The fourth-order valence-electron chi connectivity index (χ4n) is 2.20. The first-order valence-electron chi connectivity index (χ1n) is 7.35. The molecule has 0 aromatic rings. The third-order valence-corrected chi connectivity index (χ3v) is 3.26. The van der Waals surface area contributed by atoms with Crippen molar-refractivity contribution in [3.8, 4) is 0 Å². The third kappa shape index (κ3) is 6.70. The third-order valence-electron chi connectivity index (χ3n) is 3.26. The van der Waals surface area contributed by atoms with E-state index in [1.807, 2.05) is 0 Å². The first-order chi connectivity index (χ1) is 8.14. The average Bonchev–Trinajstić information content (AvgIpc) is 2.62. The maximum Gasteiger partial charge on any atom is 0.183 e. The summed E-state index contributed by atoms with van der Waals surface area (Å²) in [5.41, 5.74) is 0.0233. The number of nitrogens with zero attached hydrogens (tertiary/aromatic N) is 1. The molecule has 0 atom stereocenters. The quantitative estimate of drug-likeness (QED) is 0.533. The van der Waals surface area contributed by atoms with Gasteiger partial charge in [-0.25, -0.2) is 4.99 Å². The summed E-state index contributed by atoms with van der Waals surface area (Å²) in [6.45, 7) is 7.30. The molecule has 0 fully saturated rings. The molecule has 0 aromatic carbocycles. The summed E-state index contributed by atoms with van der Waals surface area (Å²) in [6, 6.07) is 0. The minimum absolute atomic E-state index is 0.0233. The fourth-order valence-corrected chi connectivity index (χ4v) is 2.20. The van der Waals surface area contributed by atoms with Crippen LogP contribution in [0.5, 0.6) is 0 Å². The zero-order valence-electron chi connectivity index (χ0n) is 11.9. The first kappa shape index (κ1) is 14.5. The SMILES string of the molecule is CCCCCCCCCCC1=NC(C)(C)CO1. The van der Waals surface area contributed by atoms with Gasteiger partial charge in [0.1, 0.15) is 6.61 Å². The van der Waals surface area contributed by atoms with E-state index in [1.165, 1.54) is 51.4 Å².